The van der Waals surface area contributed by atoms with Gasteiger partial charge in [0.15, 0.2) is 11.2 Å². The van der Waals surface area contributed by atoms with Gasteiger partial charge in [-0.05, 0) is 62.1 Å². The molecule has 8 heteroatoms. The summed E-state index contributed by atoms with van der Waals surface area (Å²) >= 11 is 0. The molecule has 6 aromatic carbocycles. The van der Waals surface area contributed by atoms with E-state index in [-0.39, 0.29) is 38.3 Å². The first kappa shape index (κ1) is 44.2. The first-order chi connectivity index (χ1) is 32.4. The van der Waals surface area contributed by atoms with Gasteiger partial charge in [0.1, 0.15) is 49.4 Å². The van der Waals surface area contributed by atoms with E-state index in [1.54, 1.807) is 0 Å². The van der Waals surface area contributed by atoms with Crippen LogP contribution in [0.3, 0.4) is 0 Å². The summed E-state index contributed by atoms with van der Waals surface area (Å²) in [6.07, 6.45) is 4.80. The van der Waals surface area contributed by atoms with Crippen molar-refractivity contribution in [3.05, 3.63) is 215 Å². The van der Waals surface area contributed by atoms with E-state index >= 15 is 0 Å². The molecule has 8 nitrogen and oxygen atoms in total. The summed E-state index contributed by atoms with van der Waals surface area (Å²) in [7, 11) is 0. The summed E-state index contributed by atoms with van der Waals surface area (Å²) in [6, 6.07) is 56.5. The van der Waals surface area contributed by atoms with E-state index in [1.807, 2.05) is 135 Å². The van der Waals surface area contributed by atoms with Crippen molar-refractivity contribution in [2.75, 3.05) is 26.4 Å². The first-order valence-corrected chi connectivity index (χ1v) is 23.2. The zero-order valence-electron chi connectivity index (χ0n) is 37.7. The lowest BCUT2D eigenvalue weighted by Crippen LogP contribution is -2.37. The molecular weight excluding hydrogens is 825 g/mol. The summed E-state index contributed by atoms with van der Waals surface area (Å²) in [6.45, 7) is 4.32. The Morgan fingerprint density at radius 3 is 1.00 bits per heavy atom. The van der Waals surface area contributed by atoms with Crippen LogP contribution in [-0.2, 0) is 39.7 Å². The van der Waals surface area contributed by atoms with Gasteiger partial charge in [0.05, 0.1) is 11.1 Å². The van der Waals surface area contributed by atoms with Crippen LogP contribution < -0.4 is 9.47 Å². The Bertz CT molecular complexity index is 2370. The monoisotopic (exact) mass is 880 g/mol. The molecule has 0 spiro atoms. The number of benzene rings is 6. The molecule has 0 aromatic heterocycles. The van der Waals surface area contributed by atoms with Gasteiger partial charge in [-0.1, -0.05) is 171 Å². The Kier molecular flexibility index (Phi) is 13.4. The summed E-state index contributed by atoms with van der Waals surface area (Å²) in [4.78, 5) is 28.6. The smallest absolute Gasteiger partial charge is 0.338 e. The fraction of sp³-hybridized carbons (Fsp3) is 0.276. The van der Waals surface area contributed by atoms with E-state index in [0.29, 0.717) is 47.0 Å². The molecule has 336 valence electrons. The van der Waals surface area contributed by atoms with Crippen LogP contribution in [0.2, 0.25) is 0 Å². The van der Waals surface area contributed by atoms with Crippen molar-refractivity contribution in [1.29, 1.82) is 0 Å². The summed E-state index contributed by atoms with van der Waals surface area (Å²) < 4.78 is 38.1. The number of allylic oxidation sites excluding steroid dienone is 2. The standard InChI is InChI=1S/C58H56O8/c1-41-53-51(57(65-41,45-19-9-5-10-20-45)46-21-11-6-12-22-46)27-17-3-4-18-28-52-54(42(2)66-58(52,47-23-13-7-14-24-47)48-25-15-8-16-26-48)56(60)64-40-38-62-50-35-31-44(32-36-50)43-29-33-49(34-30-43)61-37-39-63-55(53)59/h5-16,19-26,29-36,51-52H,3-4,17-18,27-28,37-40H2,1-2H3. The van der Waals surface area contributed by atoms with Gasteiger partial charge in [0.2, 0.25) is 0 Å². The zero-order valence-corrected chi connectivity index (χ0v) is 37.7. The molecule has 2 unspecified atom stereocenters. The van der Waals surface area contributed by atoms with E-state index in [1.165, 1.54) is 0 Å². The van der Waals surface area contributed by atoms with Crippen molar-refractivity contribution in [2.45, 2.75) is 63.6 Å². The molecule has 0 aliphatic carbocycles. The Morgan fingerprint density at radius 2 is 0.682 bits per heavy atom. The summed E-state index contributed by atoms with van der Waals surface area (Å²) in [5.41, 5.74) is 5.16. The van der Waals surface area contributed by atoms with Gasteiger partial charge >= 0.3 is 11.9 Å². The molecule has 4 bridgehead atoms. The van der Waals surface area contributed by atoms with E-state index in [0.717, 1.165) is 59.1 Å². The minimum absolute atomic E-state index is 0.0804. The molecule has 0 N–H and O–H groups in total. The lowest BCUT2D eigenvalue weighted by atomic mass is 9.71. The maximum Gasteiger partial charge on any atom is 0.338 e. The van der Waals surface area contributed by atoms with Crippen molar-refractivity contribution in [3.63, 3.8) is 0 Å². The van der Waals surface area contributed by atoms with Crippen LogP contribution in [0, 0.1) is 11.8 Å². The Labute approximate surface area is 387 Å². The Hall–Kier alpha value is -7.06. The van der Waals surface area contributed by atoms with Crippen molar-refractivity contribution >= 4 is 11.9 Å². The second-order valence-corrected chi connectivity index (χ2v) is 17.2. The lowest BCUT2D eigenvalue weighted by Gasteiger charge is -2.37. The summed E-state index contributed by atoms with van der Waals surface area (Å²) in [5.74, 6) is 1.03. The average Bonchev–Trinajstić information content (AvgIpc) is 3.84. The predicted octanol–water partition coefficient (Wildman–Crippen LogP) is 12.3. The van der Waals surface area contributed by atoms with Gasteiger partial charge in [0, 0.05) is 34.1 Å². The molecule has 6 aromatic rings. The molecule has 0 saturated heterocycles. The van der Waals surface area contributed by atoms with Crippen LogP contribution in [0.25, 0.3) is 11.1 Å². The maximum atomic E-state index is 14.3. The van der Waals surface area contributed by atoms with Gasteiger partial charge in [-0.15, -0.1) is 0 Å². The molecule has 0 radical (unpaired) electrons. The SMILES string of the molecule is CC1=C2C(=O)OCCOc3ccc(cc3)-c3ccc(cc3)OCCOC(=O)C3=C(C)OC(c4ccccc4)(c4ccccc4)C3CCCCCCC2C(c2ccccc2)(c2ccccc2)O1. The normalized spacial score (nSPS) is 20.3. The Balaban J connectivity index is 1.03. The highest BCUT2D eigenvalue weighted by molar-refractivity contribution is 5.91. The highest BCUT2D eigenvalue weighted by atomic mass is 16.6. The van der Waals surface area contributed by atoms with Crippen molar-refractivity contribution in [2.24, 2.45) is 11.8 Å². The second-order valence-electron chi connectivity index (χ2n) is 17.2. The highest BCUT2D eigenvalue weighted by Gasteiger charge is 2.55. The van der Waals surface area contributed by atoms with Crippen LogP contribution in [0.1, 0.15) is 74.6 Å². The van der Waals surface area contributed by atoms with E-state index in [9.17, 15) is 9.59 Å². The minimum Gasteiger partial charge on any atom is -0.490 e. The highest BCUT2D eigenvalue weighted by Crippen LogP contribution is 2.55. The second kappa shape index (κ2) is 20.0. The third-order valence-electron chi connectivity index (χ3n) is 13.3. The van der Waals surface area contributed by atoms with Crippen LogP contribution in [-0.4, -0.2) is 38.4 Å². The predicted molar refractivity (Wildman–Crippen MR) is 254 cm³/mol. The number of carbonyl (C=O) groups is 2. The van der Waals surface area contributed by atoms with Gasteiger partial charge in [-0.25, -0.2) is 9.59 Å². The largest absolute Gasteiger partial charge is 0.490 e. The molecule has 5 aliphatic heterocycles. The molecule has 5 aliphatic rings. The quantitative estimate of drug-likeness (QED) is 0.162. The third kappa shape index (κ3) is 8.84. The van der Waals surface area contributed by atoms with E-state index in [2.05, 4.69) is 48.5 Å². The van der Waals surface area contributed by atoms with Crippen LogP contribution in [0.4, 0.5) is 0 Å². The number of carbonyl (C=O) groups excluding carboxylic acids is 2. The molecule has 2 atom stereocenters. The number of rotatable bonds is 4. The van der Waals surface area contributed by atoms with Crippen molar-refractivity contribution < 1.29 is 38.0 Å². The molecule has 66 heavy (non-hydrogen) atoms. The lowest BCUT2D eigenvalue weighted by molar-refractivity contribution is -0.141. The van der Waals surface area contributed by atoms with Crippen LogP contribution >= 0.6 is 0 Å². The zero-order chi connectivity index (χ0) is 45.4. The van der Waals surface area contributed by atoms with Crippen LogP contribution in [0.5, 0.6) is 11.5 Å². The number of esters is 2. The molecular formula is C58H56O8. The maximum absolute atomic E-state index is 14.3. The number of fused-ring (bicyclic) bond motifs is 2. The van der Waals surface area contributed by atoms with Gasteiger partial charge < -0.3 is 28.4 Å². The molecule has 0 fully saturated rings. The van der Waals surface area contributed by atoms with Crippen molar-refractivity contribution in [3.8, 4) is 22.6 Å². The minimum atomic E-state index is -0.936. The van der Waals surface area contributed by atoms with Crippen molar-refractivity contribution in [1.82, 2.24) is 0 Å². The number of hydrogen-bond acceptors (Lipinski definition) is 8. The molecule has 5 heterocycles. The van der Waals surface area contributed by atoms with E-state index < -0.39 is 23.1 Å². The first-order valence-electron chi connectivity index (χ1n) is 23.2. The molecule has 11 rings (SSSR count). The fourth-order valence-corrected chi connectivity index (χ4v) is 10.3. The van der Waals surface area contributed by atoms with Crippen LogP contribution in [0.15, 0.2) is 193 Å². The number of hydrogen-bond donors (Lipinski definition) is 0. The van der Waals surface area contributed by atoms with Gasteiger partial charge in [-0.2, -0.15) is 0 Å². The third-order valence-corrected chi connectivity index (χ3v) is 13.3. The average molecular weight is 881 g/mol. The Morgan fingerprint density at radius 1 is 0.379 bits per heavy atom. The fourth-order valence-electron chi connectivity index (χ4n) is 10.3. The van der Waals surface area contributed by atoms with Gasteiger partial charge in [-0.3, -0.25) is 0 Å². The number of ether oxygens (including phenoxy) is 6. The molecule has 0 saturated carbocycles. The van der Waals surface area contributed by atoms with Gasteiger partial charge in [0.25, 0.3) is 0 Å². The molecule has 0 amide bonds. The topological polar surface area (TPSA) is 89.5 Å². The van der Waals surface area contributed by atoms with E-state index in [4.69, 9.17) is 28.4 Å². The summed E-state index contributed by atoms with van der Waals surface area (Å²) in [5, 5.41) is 0.